The van der Waals surface area contributed by atoms with Crippen molar-refractivity contribution >= 4 is 28.0 Å². The van der Waals surface area contributed by atoms with E-state index in [-0.39, 0.29) is 59.2 Å². The molecule has 0 radical (unpaired) electrons. The molecule has 0 aromatic carbocycles. The van der Waals surface area contributed by atoms with Crippen molar-refractivity contribution in [3.05, 3.63) is 25.3 Å². The maximum atomic E-state index is 12.5. The molecule has 0 amide bonds. The fourth-order valence-electron chi connectivity index (χ4n) is 2.87. The second-order valence-corrected chi connectivity index (χ2v) is 8.25. The molecule has 0 rings (SSSR count). The van der Waals surface area contributed by atoms with Gasteiger partial charge in [0.1, 0.15) is 17.5 Å². The zero-order chi connectivity index (χ0) is 22.8. The van der Waals surface area contributed by atoms with E-state index >= 15 is 0 Å². The van der Waals surface area contributed by atoms with E-state index in [1.807, 2.05) is 6.92 Å². The Morgan fingerprint density at radius 1 is 1.03 bits per heavy atom. The summed E-state index contributed by atoms with van der Waals surface area (Å²) < 4.78 is 49.4. The molecule has 3 unspecified atom stereocenters. The summed E-state index contributed by atoms with van der Waals surface area (Å²) in [5.41, 5.74) is -2.23. The van der Waals surface area contributed by atoms with E-state index in [9.17, 15) is 27.4 Å². The van der Waals surface area contributed by atoms with Gasteiger partial charge in [0.25, 0.3) is 10.1 Å². The fraction of sp³-hybridized carbons (Fsp3) is 0.632. The molecule has 0 aromatic rings. The van der Waals surface area contributed by atoms with Crippen LogP contribution in [-0.2, 0) is 38.7 Å². The van der Waals surface area contributed by atoms with Crippen molar-refractivity contribution in [2.75, 3.05) is 0 Å². The molecular formula is C19H31KO9S. The van der Waals surface area contributed by atoms with Gasteiger partial charge in [-0.25, -0.2) is 9.59 Å². The fourth-order valence-corrected chi connectivity index (χ4v) is 3.77. The van der Waals surface area contributed by atoms with Gasteiger partial charge < -0.3 is 15.6 Å². The van der Waals surface area contributed by atoms with Crippen LogP contribution in [0.3, 0.4) is 0 Å². The first-order valence-electron chi connectivity index (χ1n) is 9.20. The smallest absolute Gasteiger partial charge is 1.00 e. The summed E-state index contributed by atoms with van der Waals surface area (Å²) in [6.45, 7) is 12.0. The maximum absolute atomic E-state index is 12.5. The Morgan fingerprint density at radius 3 is 1.80 bits per heavy atom. The molecule has 0 aromatic heterocycles. The van der Waals surface area contributed by atoms with Crippen molar-refractivity contribution in [2.24, 2.45) is 0 Å². The van der Waals surface area contributed by atoms with E-state index in [1.165, 1.54) is 13.8 Å². The van der Waals surface area contributed by atoms with Crippen LogP contribution in [0.4, 0.5) is 0 Å². The summed E-state index contributed by atoms with van der Waals surface area (Å²) in [6, 6.07) is 0. The molecule has 0 saturated heterocycles. The van der Waals surface area contributed by atoms with Gasteiger partial charge in [0.2, 0.25) is 5.60 Å². The first-order chi connectivity index (χ1) is 13.4. The van der Waals surface area contributed by atoms with Crippen LogP contribution in [0.1, 0.15) is 54.8 Å². The van der Waals surface area contributed by atoms with Crippen LogP contribution in [-0.4, -0.2) is 53.9 Å². The predicted octanol–water partition coefficient (Wildman–Crippen LogP) is -0.523. The molecule has 9 nitrogen and oxygen atoms in total. The second kappa shape index (κ2) is 14.5. The van der Waals surface area contributed by atoms with E-state index in [4.69, 9.17) is 14.2 Å². The molecule has 0 aliphatic carbocycles. The Morgan fingerprint density at radius 2 is 1.47 bits per heavy atom. The third-order valence-corrected chi connectivity index (χ3v) is 5.81. The number of ether oxygens (including phenoxy) is 3. The molecule has 0 bridgehead atoms. The number of hydrogen-bond acceptors (Lipinski definition) is 8. The van der Waals surface area contributed by atoms with Crippen LogP contribution in [0.5, 0.6) is 0 Å². The zero-order valence-corrected chi connectivity index (χ0v) is 22.2. The van der Waals surface area contributed by atoms with E-state index in [1.54, 1.807) is 0 Å². The maximum Gasteiger partial charge on any atom is 1.00 e. The van der Waals surface area contributed by atoms with Gasteiger partial charge in [-0.05, 0) is 27.2 Å². The number of unbranched alkanes of at least 4 members (excludes halogenated alkanes) is 2. The number of hydrogen-bond donors (Lipinski definition) is 1. The monoisotopic (exact) mass is 474 g/mol. The number of esters is 3. The summed E-state index contributed by atoms with van der Waals surface area (Å²) in [4.78, 5) is 35.9. The summed E-state index contributed by atoms with van der Waals surface area (Å²) in [6.07, 6.45) is 0.829. The molecule has 0 spiro atoms. The van der Waals surface area contributed by atoms with Crippen LogP contribution < -0.4 is 51.4 Å². The minimum atomic E-state index is -4.82. The molecule has 0 fully saturated rings. The average Bonchev–Trinajstić information content (AvgIpc) is 2.64. The molecule has 168 valence electrons. The van der Waals surface area contributed by atoms with Crippen LogP contribution in [0.2, 0.25) is 0 Å². The van der Waals surface area contributed by atoms with Gasteiger partial charge in [0.15, 0.2) is 0 Å². The molecule has 1 N–H and O–H groups in total. The standard InChI is InChI=1S/C19H30O9S.K.H/c1-7-10-11-12-18(22)28-19(15(6)29(23,24)25,13(4)26-16(20)8-2)14(5)27-17(21)9-3;;/h8-9,13-15H,2-3,7,10-12H2,1,4-6H3,(H,23,24,25);;/q;+1;-1. The zero-order valence-electron chi connectivity index (χ0n) is 19.3. The van der Waals surface area contributed by atoms with Gasteiger partial charge >= 0.3 is 69.3 Å². The third kappa shape index (κ3) is 9.29. The summed E-state index contributed by atoms with van der Waals surface area (Å²) in [7, 11) is -4.82. The Hall–Kier alpha value is -0.564. The normalized spacial score (nSPS) is 15.9. The molecule has 0 saturated carbocycles. The first kappa shape index (κ1) is 31.6. The van der Waals surface area contributed by atoms with Crippen LogP contribution >= 0.6 is 0 Å². The van der Waals surface area contributed by atoms with Gasteiger partial charge in [0.05, 0.1) is 0 Å². The molecule has 0 aliphatic heterocycles. The molecule has 0 heterocycles. The van der Waals surface area contributed by atoms with E-state index in [0.717, 1.165) is 31.9 Å². The summed E-state index contributed by atoms with van der Waals surface area (Å²) in [5, 5.41) is -1.80. The summed E-state index contributed by atoms with van der Waals surface area (Å²) in [5.74, 6) is -2.64. The van der Waals surface area contributed by atoms with Crippen LogP contribution in [0, 0.1) is 0 Å². The van der Waals surface area contributed by atoms with Crippen LogP contribution in [0.15, 0.2) is 25.3 Å². The van der Waals surface area contributed by atoms with Gasteiger partial charge in [-0.3, -0.25) is 9.35 Å². The minimum Gasteiger partial charge on any atom is -1.00 e. The van der Waals surface area contributed by atoms with Crippen molar-refractivity contribution < 1.29 is 94.4 Å². The Balaban J connectivity index is -0.00000392. The number of carbonyl (C=O) groups is 3. The SMILES string of the molecule is C=CC(=O)OC(C)C(OC(=O)CCCCC)(C(C)OC(=O)C=C)C(C)S(=O)(=O)O.[H-].[K+]. The first-order valence-corrected chi connectivity index (χ1v) is 10.7. The molecule has 11 heteroatoms. The molecule has 30 heavy (non-hydrogen) atoms. The Kier molecular flexibility index (Phi) is 15.3. The van der Waals surface area contributed by atoms with E-state index in [2.05, 4.69) is 13.2 Å². The van der Waals surface area contributed by atoms with Gasteiger partial charge in [0, 0.05) is 18.6 Å². The van der Waals surface area contributed by atoms with Crippen molar-refractivity contribution in [1.29, 1.82) is 0 Å². The Bertz CT molecular complexity index is 696. The van der Waals surface area contributed by atoms with Crippen molar-refractivity contribution in [3.8, 4) is 0 Å². The van der Waals surface area contributed by atoms with Gasteiger partial charge in [-0.15, -0.1) is 0 Å². The molecule has 0 aliphatic rings. The van der Waals surface area contributed by atoms with Crippen LogP contribution in [0.25, 0.3) is 0 Å². The van der Waals surface area contributed by atoms with Gasteiger partial charge in [-0.2, -0.15) is 8.42 Å². The Labute approximate surface area is 222 Å². The molecule has 3 atom stereocenters. The summed E-state index contributed by atoms with van der Waals surface area (Å²) >= 11 is 0. The molecular weight excluding hydrogens is 443 g/mol. The van der Waals surface area contributed by atoms with Gasteiger partial charge in [-0.1, -0.05) is 32.9 Å². The minimum absolute atomic E-state index is 0. The number of rotatable bonds is 13. The van der Waals surface area contributed by atoms with Crippen molar-refractivity contribution in [2.45, 2.75) is 76.4 Å². The van der Waals surface area contributed by atoms with E-state index in [0.29, 0.717) is 6.42 Å². The average molecular weight is 475 g/mol. The van der Waals surface area contributed by atoms with Crippen molar-refractivity contribution in [1.82, 2.24) is 0 Å². The second-order valence-electron chi connectivity index (χ2n) is 6.51. The number of carbonyl (C=O) groups excluding carboxylic acids is 3. The largest absolute Gasteiger partial charge is 1.00 e. The predicted molar refractivity (Wildman–Crippen MR) is 107 cm³/mol. The van der Waals surface area contributed by atoms with E-state index < -0.39 is 51.1 Å². The topological polar surface area (TPSA) is 133 Å². The quantitative estimate of drug-likeness (QED) is 0.0934. The third-order valence-electron chi connectivity index (χ3n) is 4.55. The van der Waals surface area contributed by atoms with Crippen molar-refractivity contribution in [3.63, 3.8) is 0 Å².